The number of anilines is 1. The van der Waals surface area contributed by atoms with Gasteiger partial charge in [-0.3, -0.25) is 9.69 Å². The van der Waals surface area contributed by atoms with Crippen LogP contribution in [0.1, 0.15) is 31.7 Å². The van der Waals surface area contributed by atoms with Crippen LogP contribution < -0.4 is 10.9 Å². The third-order valence-electron chi connectivity index (χ3n) is 4.03. The molecule has 1 N–H and O–H groups in total. The molecule has 6 nitrogen and oxygen atoms in total. The van der Waals surface area contributed by atoms with Crippen molar-refractivity contribution < 1.29 is 0 Å². The first-order valence-corrected chi connectivity index (χ1v) is 7.21. The lowest BCUT2D eigenvalue weighted by atomic mass is 10.1. The average Bonchev–Trinajstić information content (AvgIpc) is 3.28. The zero-order valence-corrected chi connectivity index (χ0v) is 11.5. The second kappa shape index (κ2) is 5.63. The van der Waals surface area contributed by atoms with E-state index >= 15 is 0 Å². The van der Waals surface area contributed by atoms with E-state index < -0.39 is 0 Å². The summed E-state index contributed by atoms with van der Waals surface area (Å²) in [5, 5.41) is 12.0. The predicted molar refractivity (Wildman–Crippen MR) is 75.5 cm³/mol. The lowest BCUT2D eigenvalue weighted by Crippen LogP contribution is -2.40. The quantitative estimate of drug-likeness (QED) is 0.828. The number of nitrogens with zero attached hydrogens (tertiary/aromatic N) is 4. The first-order valence-electron chi connectivity index (χ1n) is 7.21. The Morgan fingerprint density at radius 1 is 1.35 bits per heavy atom. The molecular weight excluding hydrogens is 254 g/mol. The minimum absolute atomic E-state index is 0.00513. The fourth-order valence-electron chi connectivity index (χ4n) is 2.69. The van der Waals surface area contributed by atoms with Crippen molar-refractivity contribution in [1.82, 2.24) is 14.5 Å². The van der Waals surface area contributed by atoms with Gasteiger partial charge in [0, 0.05) is 37.6 Å². The van der Waals surface area contributed by atoms with E-state index in [-0.39, 0.29) is 11.6 Å². The van der Waals surface area contributed by atoms with Crippen LogP contribution in [0.5, 0.6) is 0 Å². The smallest absolute Gasteiger partial charge is 0.293 e. The molecular formula is C14H19N5O. The number of piperidine rings is 1. The molecule has 3 rings (SSSR count). The van der Waals surface area contributed by atoms with Crippen LogP contribution in [0.15, 0.2) is 17.2 Å². The van der Waals surface area contributed by atoms with Gasteiger partial charge in [-0.1, -0.05) is 0 Å². The maximum absolute atomic E-state index is 12.3. The van der Waals surface area contributed by atoms with Crippen LogP contribution in [0.2, 0.25) is 0 Å². The summed E-state index contributed by atoms with van der Waals surface area (Å²) in [6, 6.07) is 2.83. The first-order chi connectivity index (χ1) is 9.78. The van der Waals surface area contributed by atoms with Gasteiger partial charge in [-0.25, -0.2) is 4.98 Å². The van der Waals surface area contributed by atoms with Crippen molar-refractivity contribution in [2.45, 2.75) is 37.8 Å². The zero-order chi connectivity index (χ0) is 13.9. The van der Waals surface area contributed by atoms with E-state index in [1.807, 2.05) is 0 Å². The molecule has 2 fully saturated rings. The van der Waals surface area contributed by atoms with E-state index in [1.165, 1.54) is 0 Å². The minimum Gasteiger partial charge on any atom is -0.363 e. The maximum Gasteiger partial charge on any atom is 0.293 e. The van der Waals surface area contributed by atoms with Gasteiger partial charge in [0.1, 0.15) is 0 Å². The van der Waals surface area contributed by atoms with Gasteiger partial charge in [-0.15, -0.1) is 0 Å². The largest absolute Gasteiger partial charge is 0.363 e. The van der Waals surface area contributed by atoms with E-state index in [9.17, 15) is 4.79 Å². The lowest BCUT2D eigenvalue weighted by molar-refractivity contribution is 0.242. The monoisotopic (exact) mass is 273 g/mol. The van der Waals surface area contributed by atoms with Crippen LogP contribution >= 0.6 is 0 Å². The van der Waals surface area contributed by atoms with Gasteiger partial charge in [0.15, 0.2) is 5.82 Å². The van der Waals surface area contributed by atoms with E-state index in [4.69, 9.17) is 5.26 Å². The number of hydrogen-bond acceptors (Lipinski definition) is 5. The van der Waals surface area contributed by atoms with Crippen molar-refractivity contribution in [2.24, 2.45) is 0 Å². The molecule has 1 aromatic heterocycles. The van der Waals surface area contributed by atoms with Crippen molar-refractivity contribution in [3.05, 3.63) is 22.7 Å². The minimum atomic E-state index is -0.00513. The average molecular weight is 273 g/mol. The summed E-state index contributed by atoms with van der Waals surface area (Å²) in [5.41, 5.74) is -0.00513. The van der Waals surface area contributed by atoms with Crippen molar-refractivity contribution in [2.75, 3.05) is 25.0 Å². The van der Waals surface area contributed by atoms with Crippen molar-refractivity contribution >= 4 is 5.82 Å². The van der Waals surface area contributed by atoms with Gasteiger partial charge >= 0.3 is 0 Å². The van der Waals surface area contributed by atoms with Gasteiger partial charge in [0.2, 0.25) is 0 Å². The standard InChI is InChI=1S/C14H19N5O/c15-5-9-18-7-3-11(4-8-18)17-13-14(20)19(10-6-16-13)12-1-2-12/h6,10-12H,1-4,7-9H2,(H,16,17). The van der Waals surface area contributed by atoms with Gasteiger partial charge < -0.3 is 9.88 Å². The molecule has 2 heterocycles. The SMILES string of the molecule is N#CCN1CCC(Nc2nccn(C3CC3)c2=O)CC1. The van der Waals surface area contributed by atoms with Crippen LogP contribution in [0, 0.1) is 11.3 Å². The third kappa shape index (κ3) is 2.83. The Morgan fingerprint density at radius 2 is 2.10 bits per heavy atom. The number of likely N-dealkylation sites (tertiary alicyclic amines) is 1. The predicted octanol–water partition coefficient (Wildman–Crippen LogP) is 0.978. The van der Waals surface area contributed by atoms with Gasteiger partial charge in [0.25, 0.3) is 5.56 Å². The number of hydrogen-bond donors (Lipinski definition) is 1. The summed E-state index contributed by atoms with van der Waals surface area (Å²) >= 11 is 0. The Hall–Kier alpha value is -1.87. The highest BCUT2D eigenvalue weighted by molar-refractivity contribution is 5.33. The van der Waals surface area contributed by atoms with Gasteiger partial charge in [-0.05, 0) is 25.7 Å². The molecule has 1 saturated heterocycles. The molecule has 1 saturated carbocycles. The summed E-state index contributed by atoms with van der Waals surface area (Å²) in [5.74, 6) is 0.470. The Morgan fingerprint density at radius 3 is 2.75 bits per heavy atom. The van der Waals surface area contributed by atoms with Crippen LogP contribution in [0.3, 0.4) is 0 Å². The fraction of sp³-hybridized carbons (Fsp3) is 0.643. The number of rotatable bonds is 4. The Kier molecular flexibility index (Phi) is 3.70. The molecule has 6 heteroatoms. The van der Waals surface area contributed by atoms with Gasteiger partial charge in [0.05, 0.1) is 12.6 Å². The Labute approximate surface area is 118 Å². The summed E-state index contributed by atoms with van der Waals surface area (Å²) in [6.07, 6.45) is 7.56. The highest BCUT2D eigenvalue weighted by atomic mass is 16.1. The molecule has 106 valence electrons. The summed E-state index contributed by atoms with van der Waals surface area (Å²) < 4.78 is 1.79. The first kappa shape index (κ1) is 13.1. The van der Waals surface area contributed by atoms with E-state index in [2.05, 4.69) is 21.3 Å². The molecule has 1 aliphatic heterocycles. The fourth-order valence-corrected chi connectivity index (χ4v) is 2.69. The van der Waals surface area contributed by atoms with E-state index in [0.29, 0.717) is 18.4 Å². The molecule has 0 spiro atoms. The second-order valence-corrected chi connectivity index (χ2v) is 5.57. The number of aromatic nitrogens is 2. The Bertz CT molecular complexity index is 564. The molecule has 1 aliphatic carbocycles. The number of nitriles is 1. The molecule has 0 aromatic carbocycles. The molecule has 0 atom stereocenters. The molecule has 0 bridgehead atoms. The molecule has 0 unspecified atom stereocenters. The molecule has 1 aromatic rings. The molecule has 20 heavy (non-hydrogen) atoms. The van der Waals surface area contributed by atoms with E-state index in [1.54, 1.807) is 17.0 Å². The van der Waals surface area contributed by atoms with Crippen LogP contribution in [-0.2, 0) is 0 Å². The summed E-state index contributed by atoms with van der Waals surface area (Å²) in [6.45, 7) is 2.29. The topological polar surface area (TPSA) is 74.0 Å². The molecule has 0 amide bonds. The third-order valence-corrected chi connectivity index (χ3v) is 4.03. The molecule has 0 radical (unpaired) electrons. The van der Waals surface area contributed by atoms with Crippen LogP contribution in [0.25, 0.3) is 0 Å². The van der Waals surface area contributed by atoms with Crippen molar-refractivity contribution in [3.63, 3.8) is 0 Å². The van der Waals surface area contributed by atoms with Crippen molar-refractivity contribution in [1.29, 1.82) is 5.26 Å². The second-order valence-electron chi connectivity index (χ2n) is 5.57. The number of nitrogens with one attached hydrogen (secondary N) is 1. The van der Waals surface area contributed by atoms with E-state index in [0.717, 1.165) is 38.8 Å². The highest BCUT2D eigenvalue weighted by Gasteiger charge is 2.26. The van der Waals surface area contributed by atoms with Crippen molar-refractivity contribution in [3.8, 4) is 6.07 Å². The lowest BCUT2D eigenvalue weighted by Gasteiger charge is -2.30. The highest BCUT2D eigenvalue weighted by Crippen LogP contribution is 2.33. The summed E-state index contributed by atoms with van der Waals surface area (Å²) in [4.78, 5) is 18.6. The maximum atomic E-state index is 12.3. The summed E-state index contributed by atoms with van der Waals surface area (Å²) in [7, 11) is 0. The Balaban J connectivity index is 1.63. The van der Waals surface area contributed by atoms with Crippen LogP contribution in [-0.4, -0.2) is 40.1 Å². The van der Waals surface area contributed by atoms with Crippen LogP contribution in [0.4, 0.5) is 5.82 Å². The zero-order valence-electron chi connectivity index (χ0n) is 11.5. The van der Waals surface area contributed by atoms with Gasteiger partial charge in [-0.2, -0.15) is 5.26 Å². The normalized spacial score (nSPS) is 20.6. The molecule has 2 aliphatic rings.